The summed E-state index contributed by atoms with van der Waals surface area (Å²) in [5.74, 6) is -0.354. The van der Waals surface area contributed by atoms with E-state index < -0.39 is 11.9 Å². The van der Waals surface area contributed by atoms with Gasteiger partial charge in [0.2, 0.25) is 11.8 Å². The van der Waals surface area contributed by atoms with Crippen LogP contribution in [-0.2, 0) is 14.4 Å². The Morgan fingerprint density at radius 1 is 1.33 bits per heavy atom. The van der Waals surface area contributed by atoms with E-state index in [1.807, 2.05) is 6.92 Å². The van der Waals surface area contributed by atoms with Crippen molar-refractivity contribution in [3.63, 3.8) is 0 Å². The molecular weight excluding hydrogens is 274 g/mol. The normalized spacial score (nSPS) is 18.0. The predicted molar refractivity (Wildman–Crippen MR) is 75.5 cm³/mol. The Balaban J connectivity index is 2.10. The van der Waals surface area contributed by atoms with Gasteiger partial charge < -0.3 is 4.74 Å². The van der Waals surface area contributed by atoms with Crippen LogP contribution in [0.15, 0.2) is 24.3 Å². The van der Waals surface area contributed by atoms with Crippen molar-refractivity contribution in [1.29, 1.82) is 0 Å². The highest BCUT2D eigenvalue weighted by molar-refractivity contribution is 6.22. The first-order valence-electron chi connectivity index (χ1n) is 6.64. The zero-order valence-corrected chi connectivity index (χ0v) is 11.9. The third kappa shape index (κ3) is 3.38. The molecule has 1 heterocycles. The van der Waals surface area contributed by atoms with Gasteiger partial charge in [-0.25, -0.2) is 10.3 Å². The topological polar surface area (TPSA) is 87.7 Å². The summed E-state index contributed by atoms with van der Waals surface area (Å²) in [7, 11) is 0. The van der Waals surface area contributed by atoms with Crippen LogP contribution in [0.2, 0.25) is 0 Å². The van der Waals surface area contributed by atoms with Crippen LogP contribution >= 0.6 is 0 Å². The number of hydrazine groups is 1. The molecule has 1 aromatic rings. The molecule has 2 rings (SSSR count). The molecule has 1 fully saturated rings. The van der Waals surface area contributed by atoms with Gasteiger partial charge in [0.25, 0.3) is 5.91 Å². The van der Waals surface area contributed by atoms with Crippen molar-refractivity contribution in [3.8, 4) is 5.75 Å². The lowest BCUT2D eigenvalue weighted by Gasteiger charge is -2.16. The number of carbonyl (C=O) groups excluding carboxylic acids is 3. The molecule has 0 spiro atoms. The van der Waals surface area contributed by atoms with Crippen molar-refractivity contribution in [1.82, 2.24) is 10.9 Å². The first-order valence-corrected chi connectivity index (χ1v) is 6.64. The van der Waals surface area contributed by atoms with Gasteiger partial charge in [-0.2, -0.15) is 0 Å². The number of ether oxygens (including phenoxy) is 1. The second-order valence-corrected chi connectivity index (χ2v) is 4.58. The van der Waals surface area contributed by atoms with E-state index in [4.69, 9.17) is 4.74 Å². The van der Waals surface area contributed by atoms with Crippen molar-refractivity contribution in [2.24, 2.45) is 0 Å². The molecule has 1 aromatic carbocycles. The largest absolute Gasteiger partial charge is 0.494 e. The Hall–Kier alpha value is -2.41. The number of nitrogens with one attached hydrogen (secondary N) is 2. The minimum Gasteiger partial charge on any atom is -0.494 e. The molecule has 2 N–H and O–H groups in total. The van der Waals surface area contributed by atoms with Gasteiger partial charge >= 0.3 is 0 Å². The zero-order chi connectivity index (χ0) is 15.4. The molecule has 0 saturated carbocycles. The zero-order valence-electron chi connectivity index (χ0n) is 11.9. The number of carbonyl (C=O) groups is 3. The lowest BCUT2D eigenvalue weighted by Crippen LogP contribution is -2.47. The minimum atomic E-state index is -0.743. The first kappa shape index (κ1) is 15.0. The maximum absolute atomic E-state index is 12.2. The summed E-state index contributed by atoms with van der Waals surface area (Å²) >= 11 is 0. The molecular formula is C14H17N3O4. The maximum Gasteiger partial charge on any atom is 0.253 e. The molecule has 1 aliphatic rings. The van der Waals surface area contributed by atoms with Crippen molar-refractivity contribution in [2.45, 2.75) is 26.3 Å². The average molecular weight is 291 g/mol. The van der Waals surface area contributed by atoms with E-state index in [0.29, 0.717) is 18.0 Å². The number of nitrogens with zero attached hydrogens (tertiary/aromatic N) is 1. The van der Waals surface area contributed by atoms with Crippen molar-refractivity contribution >= 4 is 23.4 Å². The summed E-state index contributed by atoms with van der Waals surface area (Å²) in [5.41, 5.74) is 5.37. The number of hydrogen-bond donors (Lipinski definition) is 2. The first-order chi connectivity index (χ1) is 10.0. The highest BCUT2D eigenvalue weighted by atomic mass is 16.5. The van der Waals surface area contributed by atoms with E-state index in [1.165, 1.54) is 6.92 Å². The average Bonchev–Trinajstić information content (AvgIpc) is 2.73. The van der Waals surface area contributed by atoms with Crippen molar-refractivity contribution in [3.05, 3.63) is 24.3 Å². The maximum atomic E-state index is 12.2. The summed E-state index contributed by atoms with van der Waals surface area (Å²) < 4.78 is 5.32. The molecule has 21 heavy (non-hydrogen) atoms. The second kappa shape index (κ2) is 6.36. The Kier molecular flexibility index (Phi) is 4.54. The van der Waals surface area contributed by atoms with Gasteiger partial charge in [-0.1, -0.05) is 0 Å². The Morgan fingerprint density at radius 3 is 2.57 bits per heavy atom. The molecule has 1 aliphatic heterocycles. The van der Waals surface area contributed by atoms with E-state index in [-0.39, 0.29) is 18.2 Å². The quantitative estimate of drug-likeness (QED) is 0.604. The number of amides is 3. The lowest BCUT2D eigenvalue weighted by atomic mass is 10.2. The molecule has 0 aliphatic carbocycles. The predicted octanol–water partition coefficient (Wildman–Crippen LogP) is 0.358. The SMILES string of the molecule is CCOc1ccc(N2C(=O)CC(NNC(C)=O)C2=O)cc1. The van der Waals surface area contributed by atoms with Gasteiger partial charge in [-0.05, 0) is 31.2 Å². The van der Waals surface area contributed by atoms with Crippen LogP contribution in [0, 0.1) is 0 Å². The summed E-state index contributed by atoms with van der Waals surface area (Å²) in [6, 6.07) is 5.97. The fraction of sp³-hybridized carbons (Fsp3) is 0.357. The highest BCUT2D eigenvalue weighted by Gasteiger charge is 2.39. The minimum absolute atomic E-state index is 0.00627. The van der Waals surface area contributed by atoms with Crippen molar-refractivity contribution in [2.75, 3.05) is 11.5 Å². The monoisotopic (exact) mass is 291 g/mol. The highest BCUT2D eigenvalue weighted by Crippen LogP contribution is 2.25. The Bertz CT molecular complexity index is 556. The number of anilines is 1. The molecule has 0 aromatic heterocycles. The van der Waals surface area contributed by atoms with Crippen LogP contribution in [-0.4, -0.2) is 30.4 Å². The summed E-state index contributed by atoms with van der Waals surface area (Å²) in [6.45, 7) is 3.74. The number of hydrogen-bond acceptors (Lipinski definition) is 5. The number of benzene rings is 1. The van der Waals surface area contributed by atoms with E-state index in [1.54, 1.807) is 24.3 Å². The van der Waals surface area contributed by atoms with E-state index >= 15 is 0 Å². The standard InChI is InChI=1S/C14H17N3O4/c1-3-21-11-6-4-10(5-7-11)17-13(19)8-12(14(17)20)16-15-9(2)18/h4-7,12,16H,3,8H2,1-2H3,(H,15,18). The van der Waals surface area contributed by atoms with Crippen LogP contribution in [0.5, 0.6) is 5.75 Å². The fourth-order valence-electron chi connectivity index (χ4n) is 2.06. The summed E-state index contributed by atoms with van der Waals surface area (Å²) in [4.78, 5) is 36.1. The van der Waals surface area contributed by atoms with Crippen molar-refractivity contribution < 1.29 is 19.1 Å². The van der Waals surface area contributed by atoms with Crippen LogP contribution in [0.25, 0.3) is 0 Å². The van der Waals surface area contributed by atoms with Crippen LogP contribution in [0.3, 0.4) is 0 Å². The van der Waals surface area contributed by atoms with Crippen LogP contribution < -0.4 is 20.5 Å². The third-order valence-electron chi connectivity index (χ3n) is 2.97. The molecule has 3 amide bonds. The molecule has 7 nitrogen and oxygen atoms in total. The second-order valence-electron chi connectivity index (χ2n) is 4.58. The van der Waals surface area contributed by atoms with Gasteiger partial charge in [0.05, 0.1) is 18.7 Å². The van der Waals surface area contributed by atoms with Crippen LogP contribution in [0.4, 0.5) is 5.69 Å². The molecule has 0 radical (unpaired) electrons. The van der Waals surface area contributed by atoms with Crippen LogP contribution in [0.1, 0.15) is 20.3 Å². The smallest absolute Gasteiger partial charge is 0.253 e. The van der Waals surface area contributed by atoms with Gasteiger partial charge in [-0.15, -0.1) is 0 Å². The molecule has 112 valence electrons. The van der Waals surface area contributed by atoms with Gasteiger partial charge in [0.1, 0.15) is 11.8 Å². The molecule has 1 unspecified atom stereocenters. The fourth-order valence-corrected chi connectivity index (χ4v) is 2.06. The lowest BCUT2D eigenvalue weighted by molar-refractivity contribution is -0.122. The van der Waals surface area contributed by atoms with Gasteiger partial charge in [-0.3, -0.25) is 19.8 Å². The third-order valence-corrected chi connectivity index (χ3v) is 2.97. The van der Waals surface area contributed by atoms with E-state index in [0.717, 1.165) is 4.90 Å². The molecule has 1 saturated heterocycles. The molecule has 7 heteroatoms. The molecule has 0 bridgehead atoms. The number of rotatable bonds is 5. The summed E-state index contributed by atoms with van der Waals surface area (Å²) in [5, 5.41) is 0. The Labute approximate surface area is 122 Å². The Morgan fingerprint density at radius 2 is 2.00 bits per heavy atom. The number of imide groups is 1. The van der Waals surface area contributed by atoms with Gasteiger partial charge in [0, 0.05) is 6.92 Å². The van der Waals surface area contributed by atoms with Gasteiger partial charge in [0.15, 0.2) is 0 Å². The van der Waals surface area contributed by atoms with E-state index in [2.05, 4.69) is 10.9 Å². The summed E-state index contributed by atoms with van der Waals surface area (Å²) in [6.07, 6.45) is 0.00627. The van der Waals surface area contributed by atoms with E-state index in [9.17, 15) is 14.4 Å². The molecule has 1 atom stereocenters.